The molecule has 4 aliphatic rings. The lowest BCUT2D eigenvalue weighted by Crippen LogP contribution is -2.69. The average Bonchev–Trinajstić information content (AvgIpc) is 3.60. The summed E-state index contributed by atoms with van der Waals surface area (Å²) in [6, 6.07) is 4.80. The fourth-order valence-electron chi connectivity index (χ4n) is 8.86. The molecule has 260 valence electrons. The number of fused-ring (bicyclic) bond motifs is 2. The molecule has 0 bridgehead atoms. The number of hydrogen-bond acceptors (Lipinski definition) is 8. The van der Waals surface area contributed by atoms with Crippen molar-refractivity contribution < 1.29 is 34.4 Å². The van der Waals surface area contributed by atoms with Gasteiger partial charge in [-0.3, -0.25) is 4.79 Å². The third-order valence-electron chi connectivity index (χ3n) is 11.1. The van der Waals surface area contributed by atoms with Crippen LogP contribution in [0.25, 0.3) is 0 Å². The second-order valence-electron chi connectivity index (χ2n) is 13.9. The molecule has 1 aromatic carbocycles. The lowest BCUT2D eigenvalue weighted by atomic mass is 9.55. The zero-order valence-corrected chi connectivity index (χ0v) is 28.4. The molecule has 2 fully saturated rings. The van der Waals surface area contributed by atoms with E-state index in [4.69, 9.17) is 14.3 Å². The summed E-state index contributed by atoms with van der Waals surface area (Å²) in [5.41, 5.74) is 2.73. The van der Waals surface area contributed by atoms with Gasteiger partial charge in [0.15, 0.2) is 0 Å². The van der Waals surface area contributed by atoms with Gasteiger partial charge < -0.3 is 34.5 Å². The van der Waals surface area contributed by atoms with Crippen LogP contribution in [0.15, 0.2) is 47.7 Å². The number of aliphatic hydroxyl groups excluding tert-OH is 2. The number of carbonyl (C=O) groups excluding carboxylic acids is 1. The van der Waals surface area contributed by atoms with Gasteiger partial charge in [-0.2, -0.15) is 0 Å². The summed E-state index contributed by atoms with van der Waals surface area (Å²) in [7, 11) is 1.87. The van der Waals surface area contributed by atoms with Gasteiger partial charge in [-0.1, -0.05) is 55.8 Å². The summed E-state index contributed by atoms with van der Waals surface area (Å²) < 4.78 is 13.9. The molecule has 0 radical (unpaired) electrons. The number of phenols is 1. The van der Waals surface area contributed by atoms with E-state index in [-0.39, 0.29) is 55.1 Å². The van der Waals surface area contributed by atoms with Crippen LogP contribution in [0, 0.1) is 23.7 Å². The molecule has 2 saturated carbocycles. The van der Waals surface area contributed by atoms with E-state index in [1.807, 2.05) is 31.0 Å². The van der Waals surface area contributed by atoms with Crippen LogP contribution in [0.3, 0.4) is 0 Å². The fraction of sp³-hybridized carbons (Fsp3) is 0.684. The van der Waals surface area contributed by atoms with E-state index < -0.39 is 11.8 Å². The summed E-state index contributed by atoms with van der Waals surface area (Å²) in [5.74, 6) is 0.102. The third kappa shape index (κ3) is 7.57. The molecule has 0 aromatic heterocycles. The molecule has 3 aliphatic carbocycles. The van der Waals surface area contributed by atoms with Crippen molar-refractivity contribution in [3.8, 4) is 11.5 Å². The Bertz CT molecular complexity index is 1270. The molecule has 1 heterocycles. The fourth-order valence-corrected chi connectivity index (χ4v) is 8.86. The van der Waals surface area contributed by atoms with Crippen LogP contribution in [0.4, 0.5) is 0 Å². The van der Waals surface area contributed by atoms with Crippen molar-refractivity contribution in [2.24, 2.45) is 28.8 Å². The molecule has 1 aliphatic heterocycles. The van der Waals surface area contributed by atoms with Gasteiger partial charge >= 0.3 is 0 Å². The highest BCUT2D eigenvalue weighted by molar-refractivity contribution is 6.03. The quantitative estimate of drug-likeness (QED) is 0.100. The van der Waals surface area contributed by atoms with Crippen molar-refractivity contribution >= 4 is 11.6 Å². The van der Waals surface area contributed by atoms with Gasteiger partial charge in [0.1, 0.15) is 24.1 Å². The van der Waals surface area contributed by atoms with E-state index >= 15 is 0 Å². The predicted molar refractivity (Wildman–Crippen MR) is 182 cm³/mol. The number of allylic oxidation sites excluding steroid dienone is 1. The Balaban J connectivity index is 1.66. The summed E-state index contributed by atoms with van der Waals surface area (Å²) in [6.45, 7) is 6.80. The first-order valence-corrected chi connectivity index (χ1v) is 18.0. The lowest BCUT2D eigenvalue weighted by Gasteiger charge is -2.59. The second-order valence-corrected chi connectivity index (χ2v) is 13.9. The van der Waals surface area contributed by atoms with E-state index in [0.717, 1.165) is 55.4 Å². The van der Waals surface area contributed by atoms with Crippen LogP contribution in [0.1, 0.15) is 102 Å². The standard InChI is InChI=1S/C38H56N2O7/c1-4-22-45-38-34(40(3)35(44)19-16-26-12-6-7-13-26)25-32(39-46-5-2)30-23-27(14-8-10-20-41)29(15-9-11-21-42)36(37(30)38)31-24-28(43)17-18-33(31)47-38/h4,17-18,23-24,26-27,29,34,36-37,41-43H,1,5-16,19-22,25H2,2-3H3. The van der Waals surface area contributed by atoms with Gasteiger partial charge in [-0.05, 0) is 80.6 Å². The van der Waals surface area contributed by atoms with Crippen molar-refractivity contribution in [1.29, 1.82) is 0 Å². The highest BCUT2D eigenvalue weighted by atomic mass is 16.7. The third-order valence-corrected chi connectivity index (χ3v) is 11.1. The number of ether oxygens (including phenoxy) is 2. The normalized spacial score (nSPS) is 29.1. The number of carbonyl (C=O) groups is 1. The smallest absolute Gasteiger partial charge is 0.239 e. The molecular formula is C38H56N2O7. The molecule has 0 saturated heterocycles. The topological polar surface area (TPSA) is 121 Å². The molecule has 9 nitrogen and oxygen atoms in total. The Morgan fingerprint density at radius 3 is 2.57 bits per heavy atom. The molecule has 9 heteroatoms. The van der Waals surface area contributed by atoms with E-state index in [0.29, 0.717) is 37.5 Å². The Morgan fingerprint density at radius 2 is 1.87 bits per heavy atom. The Labute approximate surface area is 280 Å². The maximum absolute atomic E-state index is 14.0. The second kappa shape index (κ2) is 16.5. The minimum absolute atomic E-state index is 0.0699. The van der Waals surface area contributed by atoms with Crippen LogP contribution in [0.2, 0.25) is 0 Å². The number of aliphatic hydroxyl groups is 2. The SMILES string of the molecule is C=CCOC12Oc3ccc(O)cc3C3C(CCCCO)C(CCCCO)C=C(C(=NOCC)CC1N(C)C(=O)CCC1CCCC1)C32. The molecule has 6 unspecified atom stereocenters. The summed E-state index contributed by atoms with van der Waals surface area (Å²) in [5, 5.41) is 34.8. The largest absolute Gasteiger partial charge is 0.508 e. The van der Waals surface area contributed by atoms with E-state index in [1.165, 1.54) is 25.7 Å². The van der Waals surface area contributed by atoms with Gasteiger partial charge in [0.2, 0.25) is 11.7 Å². The van der Waals surface area contributed by atoms with Crippen LogP contribution in [-0.4, -0.2) is 77.1 Å². The van der Waals surface area contributed by atoms with Gasteiger partial charge in [0, 0.05) is 44.6 Å². The number of unbranched alkanes of at least 4 members (excludes halogenated alkanes) is 2. The van der Waals surface area contributed by atoms with Crippen molar-refractivity contribution in [3.63, 3.8) is 0 Å². The van der Waals surface area contributed by atoms with Crippen LogP contribution >= 0.6 is 0 Å². The first-order valence-electron chi connectivity index (χ1n) is 18.0. The summed E-state index contributed by atoms with van der Waals surface area (Å²) >= 11 is 0. The minimum Gasteiger partial charge on any atom is -0.508 e. The zero-order chi connectivity index (χ0) is 33.4. The average molecular weight is 653 g/mol. The monoisotopic (exact) mass is 652 g/mol. The number of nitrogens with zero attached hydrogens (tertiary/aromatic N) is 2. The zero-order valence-electron chi connectivity index (χ0n) is 28.4. The Morgan fingerprint density at radius 1 is 1.13 bits per heavy atom. The Kier molecular flexibility index (Phi) is 12.4. The van der Waals surface area contributed by atoms with Crippen molar-refractivity contribution in [2.75, 3.05) is 33.5 Å². The first kappa shape index (κ1) is 35.4. The van der Waals surface area contributed by atoms with Crippen molar-refractivity contribution in [1.82, 2.24) is 4.90 Å². The number of phenolic OH excluding ortho intramolecular Hbond substituents is 1. The summed E-state index contributed by atoms with van der Waals surface area (Å²) in [4.78, 5) is 21.6. The number of oxime groups is 1. The van der Waals surface area contributed by atoms with E-state index in [2.05, 4.69) is 17.8 Å². The molecule has 6 atom stereocenters. The molecule has 1 aromatic rings. The molecule has 1 amide bonds. The van der Waals surface area contributed by atoms with E-state index in [1.54, 1.807) is 12.1 Å². The van der Waals surface area contributed by atoms with Crippen LogP contribution in [0.5, 0.6) is 11.5 Å². The maximum Gasteiger partial charge on any atom is 0.239 e. The number of rotatable bonds is 17. The molecule has 5 rings (SSSR count). The predicted octanol–water partition coefficient (Wildman–Crippen LogP) is 6.47. The van der Waals surface area contributed by atoms with Crippen LogP contribution < -0.4 is 4.74 Å². The van der Waals surface area contributed by atoms with Gasteiger partial charge in [0.25, 0.3) is 0 Å². The lowest BCUT2D eigenvalue weighted by molar-refractivity contribution is -0.255. The van der Waals surface area contributed by atoms with Gasteiger partial charge in [-0.15, -0.1) is 6.58 Å². The number of likely N-dealkylation sites (N-methyl/N-ethyl adjacent to an activating group) is 1. The number of hydrogen-bond donors (Lipinski definition) is 3. The van der Waals surface area contributed by atoms with Crippen molar-refractivity contribution in [2.45, 2.75) is 108 Å². The highest BCUT2D eigenvalue weighted by Crippen LogP contribution is 2.61. The highest BCUT2D eigenvalue weighted by Gasteiger charge is 2.65. The van der Waals surface area contributed by atoms with E-state index in [9.17, 15) is 20.1 Å². The number of benzene rings is 1. The molecule has 0 spiro atoms. The van der Waals surface area contributed by atoms with Gasteiger partial charge in [0.05, 0.1) is 18.2 Å². The summed E-state index contributed by atoms with van der Waals surface area (Å²) in [6.07, 6.45) is 15.6. The molecule has 47 heavy (non-hydrogen) atoms. The van der Waals surface area contributed by atoms with Crippen LogP contribution in [-0.2, 0) is 14.4 Å². The number of amides is 1. The Hall–Kier alpha value is -2.88. The van der Waals surface area contributed by atoms with Crippen molar-refractivity contribution in [3.05, 3.63) is 48.1 Å². The molecular weight excluding hydrogens is 596 g/mol. The van der Waals surface area contributed by atoms with Gasteiger partial charge in [-0.25, -0.2) is 0 Å². The minimum atomic E-state index is -1.23. The first-order chi connectivity index (χ1) is 22.9. The maximum atomic E-state index is 14.0. The molecule has 3 N–H and O–H groups in total. The number of aromatic hydroxyl groups is 1.